The van der Waals surface area contributed by atoms with E-state index in [1.165, 1.54) is 6.92 Å². The molecule has 16 nitrogen and oxygen atoms in total. The van der Waals surface area contributed by atoms with Crippen LogP contribution in [-0.2, 0) is 31.6 Å². The second kappa shape index (κ2) is 8.34. The van der Waals surface area contributed by atoms with Gasteiger partial charge in [0.2, 0.25) is 0 Å². The summed E-state index contributed by atoms with van der Waals surface area (Å²) in [7, 11) is -16.9. The number of hydrogen-bond donors (Lipinski definition) is 6. The van der Waals surface area contributed by atoms with Crippen molar-refractivity contribution in [2.75, 3.05) is 13.2 Å². The van der Waals surface area contributed by atoms with Crippen LogP contribution in [0.25, 0.3) is 0 Å². The Hall–Kier alpha value is -0.700. The molecule has 1 aliphatic heterocycles. The van der Waals surface area contributed by atoms with Crippen molar-refractivity contribution in [1.29, 1.82) is 0 Å². The summed E-state index contributed by atoms with van der Waals surface area (Å²) in [6.07, 6.45) is -0.362. The summed E-state index contributed by atoms with van der Waals surface area (Å²) in [5, 5.41) is 10.7. The first-order valence-corrected chi connectivity index (χ1v) is 12.4. The Kier molecular flexibility index (Phi) is 7.10. The summed E-state index contributed by atoms with van der Waals surface area (Å²) in [4.78, 5) is 58.7. The number of aliphatic hydroxyl groups is 1. The third-order valence-electron chi connectivity index (χ3n) is 3.84. The maximum absolute atomic E-state index is 11.9. The highest BCUT2D eigenvalue weighted by Gasteiger charge is 2.59. The Bertz CT molecular complexity index is 1060. The molecule has 1 aliphatic rings. The van der Waals surface area contributed by atoms with Crippen LogP contribution in [0.15, 0.2) is 21.9 Å². The Labute approximate surface area is 171 Å². The van der Waals surface area contributed by atoms with Crippen molar-refractivity contribution in [2.24, 2.45) is 0 Å². The number of aromatic nitrogens is 2. The summed E-state index contributed by atoms with van der Waals surface area (Å²) >= 11 is 6.29. The Morgan fingerprint density at radius 1 is 1.23 bits per heavy atom. The second-order valence-corrected chi connectivity index (χ2v) is 11.4. The number of phosphoric ester groups is 1. The summed E-state index contributed by atoms with van der Waals surface area (Å²) in [6.45, 7) is -0.658. The van der Waals surface area contributed by atoms with E-state index in [1.54, 1.807) is 0 Å². The smallest absolute Gasteiger partial charge is 0.383 e. The molecule has 0 radical (unpaired) electrons. The van der Waals surface area contributed by atoms with E-state index in [2.05, 4.69) is 13.1 Å². The van der Waals surface area contributed by atoms with Crippen LogP contribution in [-0.4, -0.2) is 57.9 Å². The van der Waals surface area contributed by atoms with Gasteiger partial charge in [0.05, 0.1) is 13.2 Å². The molecule has 0 amide bonds. The van der Waals surface area contributed by atoms with Crippen LogP contribution in [0.2, 0.25) is 0 Å². The molecule has 1 fully saturated rings. The van der Waals surface area contributed by atoms with Crippen molar-refractivity contribution in [3.8, 4) is 0 Å². The molecule has 172 valence electrons. The molecular formula is C10H16ClN2O14P3. The average Bonchev–Trinajstić information content (AvgIpc) is 2.73. The van der Waals surface area contributed by atoms with Gasteiger partial charge in [0.1, 0.15) is 10.5 Å². The van der Waals surface area contributed by atoms with E-state index >= 15 is 0 Å². The second-order valence-electron chi connectivity index (χ2n) is 6.15. The van der Waals surface area contributed by atoms with Gasteiger partial charge in [-0.3, -0.25) is 18.9 Å². The van der Waals surface area contributed by atoms with Gasteiger partial charge >= 0.3 is 29.2 Å². The third kappa shape index (κ3) is 5.96. The van der Waals surface area contributed by atoms with Gasteiger partial charge in [-0.15, -0.1) is 11.6 Å². The fraction of sp³-hybridized carbons (Fsp3) is 0.600. The predicted molar refractivity (Wildman–Crippen MR) is 95.3 cm³/mol. The van der Waals surface area contributed by atoms with E-state index in [9.17, 15) is 33.3 Å². The van der Waals surface area contributed by atoms with Crippen molar-refractivity contribution in [3.05, 3.63) is 33.1 Å². The van der Waals surface area contributed by atoms with Gasteiger partial charge in [-0.2, -0.15) is 8.62 Å². The van der Waals surface area contributed by atoms with E-state index < -0.39 is 64.6 Å². The standard InChI is InChI=1S/C10H16ClN2O14P3/c1-9(11)7(13-3-2-6(14)12-8(13)15)24-4-10(9,16)5-25-29(20,21)27-30(22,23)26-28(17,18)19/h2-3,7,16H,4-5H2,1H3,(H,20,21)(H,22,23)(H,12,14,15)(H2,17,18,19). The molecular weight excluding hydrogens is 500 g/mol. The number of nitrogens with one attached hydrogen (secondary N) is 1. The van der Waals surface area contributed by atoms with Crippen molar-refractivity contribution in [1.82, 2.24) is 9.55 Å². The number of rotatable bonds is 8. The fourth-order valence-corrected chi connectivity index (χ4v) is 5.72. The number of hydrogen-bond acceptors (Lipinski definition) is 10. The number of nitrogens with zero attached hydrogens (tertiary/aromatic N) is 1. The van der Waals surface area contributed by atoms with Crippen molar-refractivity contribution in [2.45, 2.75) is 23.6 Å². The topological polar surface area (TPSA) is 244 Å². The molecule has 5 atom stereocenters. The first-order chi connectivity index (χ1) is 13.4. The SMILES string of the molecule is CC1(Cl)C(n2ccc(=O)[nH]c2=O)OCC1(O)COP(=O)(O)OP(=O)(O)OP(=O)(O)O. The number of ether oxygens (including phenoxy) is 1. The van der Waals surface area contributed by atoms with Crippen molar-refractivity contribution < 1.29 is 56.3 Å². The number of halogens is 1. The molecule has 1 aromatic rings. The van der Waals surface area contributed by atoms with Gasteiger partial charge in [-0.1, -0.05) is 0 Å². The molecule has 2 rings (SSSR count). The molecule has 0 aromatic carbocycles. The zero-order chi connectivity index (χ0) is 23.2. The fourth-order valence-electron chi connectivity index (χ4n) is 2.37. The molecule has 5 unspecified atom stereocenters. The minimum absolute atomic E-state index is 0.668. The third-order valence-corrected chi connectivity index (χ3v) is 8.16. The van der Waals surface area contributed by atoms with Gasteiger partial charge in [0.25, 0.3) is 5.56 Å². The lowest BCUT2D eigenvalue weighted by Gasteiger charge is -2.35. The lowest BCUT2D eigenvalue weighted by atomic mass is 9.90. The minimum Gasteiger partial charge on any atom is -0.383 e. The first kappa shape index (κ1) is 25.6. The Morgan fingerprint density at radius 2 is 1.83 bits per heavy atom. The van der Waals surface area contributed by atoms with E-state index in [4.69, 9.17) is 31.0 Å². The molecule has 0 spiro atoms. The maximum atomic E-state index is 11.9. The zero-order valence-corrected chi connectivity index (χ0v) is 18.2. The van der Waals surface area contributed by atoms with E-state index in [-0.39, 0.29) is 0 Å². The molecule has 30 heavy (non-hydrogen) atoms. The Balaban J connectivity index is 2.17. The van der Waals surface area contributed by atoms with Crippen LogP contribution in [0, 0.1) is 0 Å². The van der Waals surface area contributed by atoms with Crippen LogP contribution in [0.3, 0.4) is 0 Å². The summed E-state index contributed by atoms with van der Waals surface area (Å²) in [6, 6.07) is 0.973. The van der Waals surface area contributed by atoms with Gasteiger partial charge in [-0.05, 0) is 6.92 Å². The van der Waals surface area contributed by atoms with Crippen LogP contribution >= 0.6 is 35.1 Å². The lowest BCUT2D eigenvalue weighted by molar-refractivity contribution is -0.0326. The van der Waals surface area contributed by atoms with Crippen molar-refractivity contribution >= 4 is 35.1 Å². The molecule has 6 N–H and O–H groups in total. The summed E-state index contributed by atoms with van der Waals surface area (Å²) in [5.41, 5.74) is -3.94. The van der Waals surface area contributed by atoms with Crippen LogP contribution < -0.4 is 11.2 Å². The lowest BCUT2D eigenvalue weighted by Crippen LogP contribution is -2.53. The predicted octanol–water partition coefficient (Wildman–Crippen LogP) is -0.863. The largest absolute Gasteiger partial charge is 0.490 e. The number of aromatic amines is 1. The maximum Gasteiger partial charge on any atom is 0.490 e. The highest BCUT2D eigenvalue weighted by Crippen LogP contribution is 2.66. The highest BCUT2D eigenvalue weighted by atomic mass is 35.5. The number of alkyl halides is 1. The van der Waals surface area contributed by atoms with Gasteiger partial charge < -0.3 is 29.4 Å². The summed E-state index contributed by atoms with van der Waals surface area (Å²) < 4.78 is 51.3. The van der Waals surface area contributed by atoms with Gasteiger partial charge in [0.15, 0.2) is 6.23 Å². The molecule has 2 heterocycles. The molecule has 20 heteroatoms. The van der Waals surface area contributed by atoms with Gasteiger partial charge in [0, 0.05) is 12.3 Å². The monoisotopic (exact) mass is 516 g/mol. The summed E-state index contributed by atoms with van der Waals surface area (Å²) in [5.74, 6) is 0. The quantitative estimate of drug-likeness (QED) is 0.182. The number of phosphoric acid groups is 3. The zero-order valence-electron chi connectivity index (χ0n) is 14.7. The van der Waals surface area contributed by atoms with Crippen molar-refractivity contribution in [3.63, 3.8) is 0 Å². The molecule has 0 aliphatic carbocycles. The molecule has 0 bridgehead atoms. The van der Waals surface area contributed by atoms with E-state index in [0.717, 1.165) is 16.8 Å². The molecule has 1 aromatic heterocycles. The van der Waals surface area contributed by atoms with Crippen LogP contribution in [0.1, 0.15) is 13.2 Å². The normalized spacial score (nSPS) is 31.2. The molecule has 1 saturated heterocycles. The minimum atomic E-state index is -5.75. The van der Waals surface area contributed by atoms with E-state index in [1.807, 2.05) is 4.98 Å². The van der Waals surface area contributed by atoms with Crippen LogP contribution in [0.4, 0.5) is 0 Å². The Morgan fingerprint density at radius 3 is 2.37 bits per heavy atom. The number of H-pyrrole nitrogens is 1. The highest BCUT2D eigenvalue weighted by molar-refractivity contribution is 7.66. The average molecular weight is 517 g/mol. The van der Waals surface area contributed by atoms with E-state index in [0.29, 0.717) is 0 Å². The molecule has 0 saturated carbocycles. The first-order valence-electron chi connectivity index (χ1n) is 7.50. The van der Waals surface area contributed by atoms with Gasteiger partial charge in [-0.25, -0.2) is 18.5 Å². The van der Waals surface area contributed by atoms with Crippen LogP contribution in [0.5, 0.6) is 0 Å².